The summed E-state index contributed by atoms with van der Waals surface area (Å²) in [6.45, 7) is 7.25. The standard InChI is InChI=1S/C12H20O/c1-8-4-5-10-11(12(10,2)3)9(8)6-7-13/h6,8,10-11,13H,4-5,7H2,1-3H3/b9-6-/t8-,10+,11-/m0/s1. The van der Waals surface area contributed by atoms with Crippen LogP contribution in [0.1, 0.15) is 33.6 Å². The van der Waals surface area contributed by atoms with Gasteiger partial charge in [-0.3, -0.25) is 0 Å². The Labute approximate surface area is 80.8 Å². The van der Waals surface area contributed by atoms with Gasteiger partial charge in [-0.05, 0) is 36.0 Å². The zero-order valence-electron chi connectivity index (χ0n) is 8.88. The minimum absolute atomic E-state index is 0.221. The van der Waals surface area contributed by atoms with Gasteiger partial charge in [-0.2, -0.15) is 0 Å². The lowest BCUT2D eigenvalue weighted by Gasteiger charge is -2.20. The average Bonchev–Trinajstić information content (AvgIpc) is 2.61. The van der Waals surface area contributed by atoms with Crippen LogP contribution in [0.15, 0.2) is 11.6 Å². The van der Waals surface area contributed by atoms with E-state index in [1.54, 1.807) is 0 Å². The van der Waals surface area contributed by atoms with Gasteiger partial charge in [0.2, 0.25) is 0 Å². The zero-order chi connectivity index (χ0) is 9.64. The van der Waals surface area contributed by atoms with Crippen LogP contribution in [-0.4, -0.2) is 11.7 Å². The van der Waals surface area contributed by atoms with Gasteiger partial charge in [0.25, 0.3) is 0 Å². The molecule has 0 amide bonds. The van der Waals surface area contributed by atoms with Crippen molar-refractivity contribution in [2.75, 3.05) is 6.61 Å². The maximum absolute atomic E-state index is 8.97. The number of allylic oxidation sites excluding steroid dienone is 1. The molecule has 3 atom stereocenters. The molecule has 0 aromatic rings. The number of fused-ring (bicyclic) bond motifs is 1. The summed E-state index contributed by atoms with van der Waals surface area (Å²) < 4.78 is 0. The predicted octanol–water partition coefficient (Wildman–Crippen LogP) is 2.61. The largest absolute Gasteiger partial charge is 0.392 e. The van der Waals surface area contributed by atoms with E-state index in [-0.39, 0.29) is 6.61 Å². The van der Waals surface area contributed by atoms with Gasteiger partial charge in [0.15, 0.2) is 0 Å². The summed E-state index contributed by atoms with van der Waals surface area (Å²) in [5.74, 6) is 2.39. The van der Waals surface area contributed by atoms with Gasteiger partial charge in [-0.25, -0.2) is 0 Å². The second-order valence-corrected chi connectivity index (χ2v) is 5.27. The second kappa shape index (κ2) is 2.84. The third-order valence-electron chi connectivity index (χ3n) is 4.22. The van der Waals surface area contributed by atoms with Gasteiger partial charge >= 0.3 is 0 Å². The molecule has 0 aliphatic heterocycles. The van der Waals surface area contributed by atoms with Crippen LogP contribution in [0.2, 0.25) is 0 Å². The average molecular weight is 180 g/mol. The molecule has 2 fully saturated rings. The first-order valence-corrected chi connectivity index (χ1v) is 5.40. The highest BCUT2D eigenvalue weighted by Gasteiger charge is 2.60. The van der Waals surface area contributed by atoms with Gasteiger partial charge < -0.3 is 5.11 Å². The molecule has 0 radical (unpaired) electrons. The van der Waals surface area contributed by atoms with E-state index in [0.29, 0.717) is 11.3 Å². The Hall–Kier alpha value is -0.300. The Morgan fingerprint density at radius 2 is 2.15 bits per heavy atom. The Balaban J connectivity index is 2.20. The Morgan fingerprint density at radius 3 is 2.77 bits per heavy atom. The van der Waals surface area contributed by atoms with Crippen molar-refractivity contribution in [1.29, 1.82) is 0 Å². The number of hydrogen-bond donors (Lipinski definition) is 1. The minimum Gasteiger partial charge on any atom is -0.392 e. The lowest BCUT2D eigenvalue weighted by Crippen LogP contribution is -2.09. The fourth-order valence-electron chi connectivity index (χ4n) is 3.28. The van der Waals surface area contributed by atoms with Gasteiger partial charge in [-0.1, -0.05) is 32.4 Å². The number of aliphatic hydroxyl groups excluding tert-OH is 1. The molecule has 74 valence electrons. The molecular formula is C12H20O. The first kappa shape index (κ1) is 9.26. The number of aliphatic hydroxyl groups is 1. The van der Waals surface area contributed by atoms with Crippen molar-refractivity contribution in [2.24, 2.45) is 23.2 Å². The van der Waals surface area contributed by atoms with E-state index >= 15 is 0 Å². The first-order valence-electron chi connectivity index (χ1n) is 5.40. The van der Waals surface area contributed by atoms with Gasteiger partial charge in [0, 0.05) is 0 Å². The van der Waals surface area contributed by atoms with Crippen LogP contribution in [0, 0.1) is 23.2 Å². The number of rotatable bonds is 1. The second-order valence-electron chi connectivity index (χ2n) is 5.27. The highest BCUT2D eigenvalue weighted by molar-refractivity contribution is 5.28. The third-order valence-corrected chi connectivity index (χ3v) is 4.22. The van der Waals surface area contributed by atoms with E-state index in [1.165, 1.54) is 18.4 Å². The maximum atomic E-state index is 8.97. The molecule has 1 N–H and O–H groups in total. The van der Waals surface area contributed by atoms with Crippen LogP contribution in [0.4, 0.5) is 0 Å². The van der Waals surface area contributed by atoms with E-state index in [2.05, 4.69) is 26.8 Å². The van der Waals surface area contributed by atoms with Crippen LogP contribution in [-0.2, 0) is 0 Å². The summed E-state index contributed by atoms with van der Waals surface area (Å²) in [6.07, 6.45) is 4.76. The Morgan fingerprint density at radius 1 is 1.46 bits per heavy atom. The fourth-order valence-corrected chi connectivity index (χ4v) is 3.28. The monoisotopic (exact) mass is 180 g/mol. The molecule has 0 heterocycles. The molecule has 2 rings (SSSR count). The normalized spacial score (nSPS) is 44.6. The van der Waals surface area contributed by atoms with Crippen molar-refractivity contribution in [2.45, 2.75) is 33.6 Å². The molecule has 0 aromatic carbocycles. The molecule has 13 heavy (non-hydrogen) atoms. The van der Waals surface area contributed by atoms with Crippen molar-refractivity contribution in [3.63, 3.8) is 0 Å². The molecule has 2 aliphatic rings. The lowest BCUT2D eigenvalue weighted by molar-refractivity contribution is 0.337. The molecule has 2 aliphatic carbocycles. The summed E-state index contributed by atoms with van der Waals surface area (Å²) >= 11 is 0. The van der Waals surface area contributed by atoms with Crippen LogP contribution in [0.3, 0.4) is 0 Å². The summed E-state index contributed by atoms with van der Waals surface area (Å²) in [6, 6.07) is 0. The van der Waals surface area contributed by atoms with Crippen LogP contribution < -0.4 is 0 Å². The smallest absolute Gasteiger partial charge is 0.0615 e. The quantitative estimate of drug-likeness (QED) is 0.615. The molecule has 2 saturated carbocycles. The van der Waals surface area contributed by atoms with Crippen molar-refractivity contribution in [1.82, 2.24) is 0 Å². The minimum atomic E-state index is 0.221. The highest BCUT2D eigenvalue weighted by atomic mass is 16.2. The van der Waals surface area contributed by atoms with E-state index in [4.69, 9.17) is 5.11 Å². The SMILES string of the molecule is C[C@H]1CC[C@@H]2[C@H](/C1=C\CO)C2(C)C. The van der Waals surface area contributed by atoms with Crippen molar-refractivity contribution >= 4 is 0 Å². The van der Waals surface area contributed by atoms with Crippen LogP contribution >= 0.6 is 0 Å². The van der Waals surface area contributed by atoms with E-state index in [0.717, 1.165) is 11.8 Å². The summed E-state index contributed by atoms with van der Waals surface area (Å²) in [5.41, 5.74) is 2.05. The third kappa shape index (κ3) is 1.25. The highest BCUT2D eigenvalue weighted by Crippen LogP contribution is 2.67. The van der Waals surface area contributed by atoms with E-state index in [1.807, 2.05) is 0 Å². The fraction of sp³-hybridized carbons (Fsp3) is 0.833. The molecule has 1 nitrogen and oxygen atoms in total. The first-order chi connectivity index (χ1) is 6.09. The molecule has 0 saturated heterocycles. The van der Waals surface area contributed by atoms with Crippen LogP contribution in [0.25, 0.3) is 0 Å². The van der Waals surface area contributed by atoms with Crippen molar-refractivity contribution in [3.8, 4) is 0 Å². The summed E-state index contributed by atoms with van der Waals surface area (Å²) in [7, 11) is 0. The summed E-state index contributed by atoms with van der Waals surface area (Å²) in [4.78, 5) is 0. The maximum Gasteiger partial charge on any atom is 0.0615 e. The molecule has 0 unspecified atom stereocenters. The van der Waals surface area contributed by atoms with Crippen molar-refractivity contribution in [3.05, 3.63) is 11.6 Å². The lowest BCUT2D eigenvalue weighted by atomic mass is 9.85. The van der Waals surface area contributed by atoms with Crippen LogP contribution in [0.5, 0.6) is 0 Å². The Kier molecular flexibility index (Phi) is 2.03. The topological polar surface area (TPSA) is 20.2 Å². The zero-order valence-corrected chi connectivity index (χ0v) is 8.88. The predicted molar refractivity (Wildman–Crippen MR) is 54.3 cm³/mol. The molecule has 0 aromatic heterocycles. The molecule has 0 spiro atoms. The van der Waals surface area contributed by atoms with Gasteiger partial charge in [0.05, 0.1) is 6.61 Å². The molecule has 1 heteroatoms. The molecular weight excluding hydrogens is 160 g/mol. The Bertz CT molecular complexity index is 240. The van der Waals surface area contributed by atoms with Gasteiger partial charge in [0.1, 0.15) is 0 Å². The van der Waals surface area contributed by atoms with E-state index < -0.39 is 0 Å². The van der Waals surface area contributed by atoms with E-state index in [9.17, 15) is 0 Å². The van der Waals surface area contributed by atoms with Gasteiger partial charge in [-0.15, -0.1) is 0 Å². The summed E-state index contributed by atoms with van der Waals surface area (Å²) in [5, 5.41) is 8.97. The number of hydrogen-bond acceptors (Lipinski definition) is 1. The van der Waals surface area contributed by atoms with Crippen molar-refractivity contribution < 1.29 is 5.11 Å². The molecule has 0 bridgehead atoms.